The van der Waals surface area contributed by atoms with Crippen molar-refractivity contribution in [2.24, 2.45) is 0 Å². The third kappa shape index (κ3) is 4.41. The van der Waals surface area contributed by atoms with Crippen LogP contribution in [0.15, 0.2) is 53.7 Å². The Morgan fingerprint density at radius 2 is 1.97 bits per heavy atom. The normalized spacial score (nSPS) is 14.5. The van der Waals surface area contributed by atoms with Crippen molar-refractivity contribution in [3.05, 3.63) is 65.7 Å². The average Bonchev–Trinajstić information content (AvgIpc) is 3.19. The highest BCUT2D eigenvalue weighted by molar-refractivity contribution is 8.00. The van der Waals surface area contributed by atoms with Crippen LogP contribution in [-0.4, -0.2) is 38.8 Å². The molecule has 3 aromatic rings. The van der Waals surface area contributed by atoms with E-state index in [9.17, 15) is 14.0 Å². The highest BCUT2D eigenvalue weighted by atomic mass is 32.2. The number of hydrogen-bond donors (Lipinski definition) is 2. The number of carbonyl (C=O) groups is 2. The van der Waals surface area contributed by atoms with Crippen molar-refractivity contribution < 1.29 is 14.0 Å². The predicted octanol–water partition coefficient (Wildman–Crippen LogP) is 3.58. The van der Waals surface area contributed by atoms with E-state index in [1.54, 1.807) is 49.4 Å². The minimum absolute atomic E-state index is 0.0274. The number of nitrogens with zero attached hydrogens (tertiary/aromatic N) is 3. The van der Waals surface area contributed by atoms with Gasteiger partial charge in [-0.15, -0.1) is 5.10 Å². The first-order valence-electron chi connectivity index (χ1n) is 9.22. The Morgan fingerprint density at radius 3 is 2.77 bits per heavy atom. The molecule has 1 unspecified atom stereocenters. The molecule has 152 valence electrons. The summed E-state index contributed by atoms with van der Waals surface area (Å²) in [6.07, 6.45) is 3.51. The molecule has 2 amide bonds. The van der Waals surface area contributed by atoms with Crippen LogP contribution in [0.1, 0.15) is 18.3 Å². The van der Waals surface area contributed by atoms with Crippen molar-refractivity contribution in [3.8, 4) is 0 Å². The lowest BCUT2D eigenvalue weighted by Gasteiger charge is -2.30. The molecule has 30 heavy (non-hydrogen) atoms. The first kappa shape index (κ1) is 19.8. The van der Waals surface area contributed by atoms with Crippen LogP contribution >= 0.6 is 11.8 Å². The zero-order valence-electron chi connectivity index (χ0n) is 16.0. The van der Waals surface area contributed by atoms with Crippen LogP contribution in [0.5, 0.6) is 0 Å². The molecule has 1 atom stereocenters. The van der Waals surface area contributed by atoms with E-state index in [2.05, 4.69) is 20.5 Å². The van der Waals surface area contributed by atoms with E-state index in [-0.39, 0.29) is 24.2 Å². The minimum atomic E-state index is -0.492. The van der Waals surface area contributed by atoms with Gasteiger partial charge in [0.05, 0.1) is 16.6 Å². The molecular formula is C21H18FN5O2S. The number of anilines is 2. The number of benzene rings is 2. The molecule has 0 spiro atoms. The van der Waals surface area contributed by atoms with Gasteiger partial charge >= 0.3 is 0 Å². The number of thioether (sulfide) groups is 1. The lowest BCUT2D eigenvalue weighted by atomic mass is 10.2. The highest BCUT2D eigenvalue weighted by Crippen LogP contribution is 2.31. The van der Waals surface area contributed by atoms with Crippen molar-refractivity contribution in [1.29, 1.82) is 0 Å². The maximum atomic E-state index is 13.0. The van der Waals surface area contributed by atoms with Gasteiger partial charge in [-0.2, -0.15) is 0 Å². The molecule has 1 aliphatic rings. The summed E-state index contributed by atoms with van der Waals surface area (Å²) in [7, 11) is 0. The minimum Gasteiger partial charge on any atom is -0.323 e. The number of aromatic amines is 1. The zero-order valence-corrected chi connectivity index (χ0v) is 16.8. The molecule has 2 aromatic carbocycles. The summed E-state index contributed by atoms with van der Waals surface area (Å²) < 4.78 is 13.0. The molecule has 2 N–H and O–H groups in total. The molecule has 1 aromatic heterocycles. The smallest absolute Gasteiger partial charge is 0.244 e. The number of nitrogens with one attached hydrogen (secondary N) is 2. The van der Waals surface area contributed by atoms with Crippen LogP contribution in [0.25, 0.3) is 12.2 Å². The van der Waals surface area contributed by atoms with Crippen molar-refractivity contribution >= 4 is 47.1 Å². The number of rotatable bonds is 5. The average molecular weight is 423 g/mol. The maximum Gasteiger partial charge on any atom is 0.244 e. The summed E-state index contributed by atoms with van der Waals surface area (Å²) >= 11 is 1.21. The molecule has 0 saturated heterocycles. The number of amides is 2. The third-order valence-electron chi connectivity index (χ3n) is 4.45. The summed E-state index contributed by atoms with van der Waals surface area (Å²) in [6, 6.07) is 13.3. The van der Waals surface area contributed by atoms with Crippen LogP contribution in [0.2, 0.25) is 0 Å². The Hall–Kier alpha value is -3.46. The van der Waals surface area contributed by atoms with E-state index in [1.165, 1.54) is 28.8 Å². The molecule has 0 aliphatic carbocycles. The highest BCUT2D eigenvalue weighted by Gasteiger charge is 2.30. The Balaban J connectivity index is 1.43. The van der Waals surface area contributed by atoms with Crippen LogP contribution in [0.4, 0.5) is 15.8 Å². The van der Waals surface area contributed by atoms with Gasteiger partial charge in [0.25, 0.3) is 0 Å². The zero-order chi connectivity index (χ0) is 21.1. The van der Waals surface area contributed by atoms with Gasteiger partial charge in [-0.1, -0.05) is 42.1 Å². The van der Waals surface area contributed by atoms with Gasteiger partial charge in [-0.25, -0.2) is 9.37 Å². The van der Waals surface area contributed by atoms with E-state index in [0.717, 1.165) is 5.56 Å². The second-order valence-corrected chi connectivity index (χ2v) is 7.95. The van der Waals surface area contributed by atoms with E-state index in [1.807, 2.05) is 6.07 Å². The van der Waals surface area contributed by atoms with Crippen molar-refractivity contribution in [2.45, 2.75) is 17.3 Å². The summed E-state index contributed by atoms with van der Waals surface area (Å²) in [5.74, 6) is -0.206. The largest absolute Gasteiger partial charge is 0.323 e. The van der Waals surface area contributed by atoms with Gasteiger partial charge in [0.15, 0.2) is 0 Å². The number of fused-ring (bicyclic) bond motifs is 1. The molecule has 7 nitrogen and oxygen atoms in total. The Bertz CT molecular complexity index is 1110. The van der Waals surface area contributed by atoms with Gasteiger partial charge in [0.1, 0.15) is 18.2 Å². The summed E-state index contributed by atoms with van der Waals surface area (Å²) in [5, 5.41) is 9.64. The molecule has 1 aliphatic heterocycles. The van der Waals surface area contributed by atoms with E-state index >= 15 is 0 Å². The Morgan fingerprint density at radius 1 is 1.20 bits per heavy atom. The molecule has 0 bridgehead atoms. The molecule has 0 saturated carbocycles. The molecule has 0 fully saturated rings. The van der Waals surface area contributed by atoms with Gasteiger partial charge in [0, 0.05) is 0 Å². The monoisotopic (exact) mass is 423 g/mol. The third-order valence-corrected chi connectivity index (χ3v) is 5.40. The molecule has 2 heterocycles. The standard InChI is InChI=1S/C21H18FN5O2S/c1-13(20(29)27-12-19(28)23-16-4-2-3-5-17(16)27)30-21-24-18(25-26-21)11-8-14-6-9-15(22)10-7-14/h2-11,13H,12H2,1H3,(H,23,28)(H,24,25,26)/b11-8+. The fourth-order valence-corrected chi connectivity index (χ4v) is 3.79. The first-order chi connectivity index (χ1) is 14.5. The van der Waals surface area contributed by atoms with Crippen molar-refractivity contribution in [3.63, 3.8) is 0 Å². The quantitative estimate of drug-likeness (QED) is 0.612. The van der Waals surface area contributed by atoms with Gasteiger partial charge in [-0.05, 0) is 42.8 Å². The fraction of sp³-hybridized carbons (Fsp3) is 0.143. The van der Waals surface area contributed by atoms with Crippen LogP contribution < -0.4 is 10.2 Å². The molecule has 4 rings (SSSR count). The Labute approximate surface area is 176 Å². The van der Waals surface area contributed by atoms with Gasteiger partial charge in [0.2, 0.25) is 17.0 Å². The summed E-state index contributed by atoms with van der Waals surface area (Å²) in [4.78, 5) is 30.8. The van der Waals surface area contributed by atoms with Crippen LogP contribution in [0, 0.1) is 5.82 Å². The van der Waals surface area contributed by atoms with E-state index in [0.29, 0.717) is 22.4 Å². The first-order valence-corrected chi connectivity index (χ1v) is 10.1. The maximum absolute atomic E-state index is 13.0. The molecule has 9 heteroatoms. The summed E-state index contributed by atoms with van der Waals surface area (Å²) in [5.41, 5.74) is 2.12. The number of halogens is 1. The summed E-state index contributed by atoms with van der Waals surface area (Å²) in [6.45, 7) is 1.73. The molecule has 0 radical (unpaired) electrons. The second kappa shape index (κ2) is 8.50. The Kier molecular flexibility index (Phi) is 5.62. The van der Waals surface area contributed by atoms with Crippen molar-refractivity contribution in [2.75, 3.05) is 16.8 Å². The van der Waals surface area contributed by atoms with Crippen LogP contribution in [-0.2, 0) is 9.59 Å². The lowest BCUT2D eigenvalue weighted by molar-refractivity contribution is -0.121. The SMILES string of the molecule is CC(Sc1n[nH]c(/C=C/c2ccc(F)cc2)n1)C(=O)N1CC(=O)Nc2ccccc21. The van der Waals surface area contributed by atoms with E-state index < -0.39 is 5.25 Å². The lowest BCUT2D eigenvalue weighted by Crippen LogP contribution is -2.45. The van der Waals surface area contributed by atoms with Gasteiger partial charge in [-0.3, -0.25) is 19.6 Å². The number of para-hydroxylation sites is 2. The topological polar surface area (TPSA) is 91.0 Å². The van der Waals surface area contributed by atoms with Gasteiger partial charge < -0.3 is 5.32 Å². The van der Waals surface area contributed by atoms with Crippen LogP contribution in [0.3, 0.4) is 0 Å². The van der Waals surface area contributed by atoms with E-state index in [4.69, 9.17) is 0 Å². The number of H-pyrrole nitrogens is 1. The predicted molar refractivity (Wildman–Crippen MR) is 114 cm³/mol. The number of aromatic nitrogens is 3. The number of hydrogen-bond acceptors (Lipinski definition) is 5. The second-order valence-electron chi connectivity index (χ2n) is 6.64. The number of carbonyl (C=O) groups excluding carboxylic acids is 2. The fourth-order valence-electron chi connectivity index (χ4n) is 2.99. The molecular weight excluding hydrogens is 405 g/mol. The van der Waals surface area contributed by atoms with Crippen molar-refractivity contribution in [1.82, 2.24) is 15.2 Å².